The summed E-state index contributed by atoms with van der Waals surface area (Å²) in [4.78, 5) is 0.326. The molecule has 20 heavy (non-hydrogen) atoms. The first kappa shape index (κ1) is 15.4. The van der Waals surface area contributed by atoms with E-state index in [0.29, 0.717) is 4.90 Å². The highest BCUT2D eigenvalue weighted by atomic mass is 32.2. The predicted octanol–water partition coefficient (Wildman–Crippen LogP) is 0.904. The van der Waals surface area contributed by atoms with Gasteiger partial charge in [0, 0.05) is 13.2 Å². The van der Waals surface area contributed by atoms with Crippen molar-refractivity contribution in [2.45, 2.75) is 36.3 Å². The lowest BCUT2D eigenvalue weighted by molar-refractivity contribution is 0.0236. The minimum Gasteiger partial charge on any atom is -0.381 e. The van der Waals surface area contributed by atoms with Gasteiger partial charge in [0.05, 0.1) is 11.0 Å². The molecule has 0 spiro atoms. The van der Waals surface area contributed by atoms with Crippen LogP contribution in [0.25, 0.3) is 0 Å². The standard InChI is InChI=1S/C14H22N2O3S/c1-15-8-7-11-3-5-14(6-4-11)20(17,18)16-12-9-13(10-12)19-2/h3-6,12-13,15-16H,7-10H2,1-2H3. The van der Waals surface area contributed by atoms with Crippen molar-refractivity contribution in [3.05, 3.63) is 29.8 Å². The summed E-state index contributed by atoms with van der Waals surface area (Å²) in [7, 11) is 0.139. The Morgan fingerprint density at radius 1 is 1.25 bits per heavy atom. The van der Waals surface area contributed by atoms with Crippen molar-refractivity contribution < 1.29 is 13.2 Å². The van der Waals surface area contributed by atoms with Crippen molar-refractivity contribution in [1.82, 2.24) is 10.0 Å². The molecule has 0 saturated heterocycles. The number of rotatable bonds is 7. The van der Waals surface area contributed by atoms with Crippen LogP contribution in [-0.4, -0.2) is 41.3 Å². The molecule has 2 rings (SSSR count). The first-order valence-corrected chi connectivity index (χ1v) is 8.32. The number of likely N-dealkylation sites (N-methyl/N-ethyl adjacent to an activating group) is 1. The third-order valence-electron chi connectivity index (χ3n) is 3.65. The lowest BCUT2D eigenvalue weighted by Gasteiger charge is -2.34. The summed E-state index contributed by atoms with van der Waals surface area (Å²) in [6.07, 6.45) is 2.57. The van der Waals surface area contributed by atoms with Gasteiger partial charge in [0.1, 0.15) is 0 Å². The Morgan fingerprint density at radius 3 is 2.45 bits per heavy atom. The van der Waals surface area contributed by atoms with Crippen molar-refractivity contribution in [3.8, 4) is 0 Å². The minimum absolute atomic E-state index is 0.00563. The SMILES string of the molecule is CNCCc1ccc(S(=O)(=O)NC2CC(OC)C2)cc1. The summed E-state index contributed by atoms with van der Waals surface area (Å²) in [6.45, 7) is 0.880. The van der Waals surface area contributed by atoms with Crippen molar-refractivity contribution in [2.75, 3.05) is 20.7 Å². The van der Waals surface area contributed by atoms with Crippen molar-refractivity contribution in [3.63, 3.8) is 0 Å². The van der Waals surface area contributed by atoms with E-state index in [1.807, 2.05) is 19.2 Å². The van der Waals surface area contributed by atoms with Gasteiger partial charge in [0.2, 0.25) is 10.0 Å². The normalized spacial score (nSPS) is 22.5. The average molecular weight is 298 g/mol. The number of methoxy groups -OCH3 is 1. The van der Waals surface area contributed by atoms with E-state index >= 15 is 0 Å². The van der Waals surface area contributed by atoms with Crippen LogP contribution in [0.1, 0.15) is 18.4 Å². The minimum atomic E-state index is -3.41. The third kappa shape index (κ3) is 3.79. The van der Waals surface area contributed by atoms with Crippen molar-refractivity contribution in [2.24, 2.45) is 0 Å². The maximum atomic E-state index is 12.2. The Bertz CT molecular complexity index is 522. The number of hydrogen-bond acceptors (Lipinski definition) is 4. The summed E-state index contributed by atoms with van der Waals surface area (Å²) in [5, 5.41) is 3.07. The summed E-state index contributed by atoms with van der Waals surface area (Å²) in [6, 6.07) is 7.06. The lowest BCUT2D eigenvalue weighted by Crippen LogP contribution is -2.47. The number of benzene rings is 1. The van der Waals surface area contributed by atoms with Crippen LogP contribution >= 0.6 is 0 Å². The van der Waals surface area contributed by atoms with Crippen LogP contribution in [0, 0.1) is 0 Å². The summed E-state index contributed by atoms with van der Waals surface area (Å²) in [5.74, 6) is 0. The maximum absolute atomic E-state index is 12.2. The Morgan fingerprint density at radius 2 is 1.90 bits per heavy atom. The van der Waals surface area contributed by atoms with Crippen LogP contribution in [0.5, 0.6) is 0 Å². The topological polar surface area (TPSA) is 67.4 Å². The molecule has 0 unspecified atom stereocenters. The fourth-order valence-electron chi connectivity index (χ4n) is 2.25. The zero-order chi connectivity index (χ0) is 14.6. The molecule has 0 amide bonds. The zero-order valence-corrected chi connectivity index (χ0v) is 12.7. The van der Waals surface area contributed by atoms with Gasteiger partial charge in [-0.2, -0.15) is 0 Å². The second kappa shape index (κ2) is 6.67. The number of hydrogen-bond donors (Lipinski definition) is 2. The van der Waals surface area contributed by atoms with Crippen LogP contribution in [0.3, 0.4) is 0 Å². The van der Waals surface area contributed by atoms with Crippen LogP contribution in [0.4, 0.5) is 0 Å². The molecule has 1 aromatic rings. The largest absolute Gasteiger partial charge is 0.381 e. The van der Waals surface area contributed by atoms with E-state index in [1.54, 1.807) is 19.2 Å². The van der Waals surface area contributed by atoms with Crippen LogP contribution < -0.4 is 10.0 Å². The molecule has 0 radical (unpaired) electrons. The molecule has 0 atom stereocenters. The zero-order valence-electron chi connectivity index (χ0n) is 11.9. The van der Waals surface area contributed by atoms with Crippen LogP contribution in [0.15, 0.2) is 29.2 Å². The molecule has 1 aliphatic rings. The van der Waals surface area contributed by atoms with Gasteiger partial charge >= 0.3 is 0 Å². The molecule has 1 fully saturated rings. The quantitative estimate of drug-likeness (QED) is 0.785. The van der Waals surface area contributed by atoms with Crippen LogP contribution in [-0.2, 0) is 21.2 Å². The molecule has 6 heteroatoms. The molecule has 5 nitrogen and oxygen atoms in total. The average Bonchev–Trinajstić information content (AvgIpc) is 2.40. The van der Waals surface area contributed by atoms with E-state index in [-0.39, 0.29) is 12.1 Å². The molecule has 1 aromatic carbocycles. The van der Waals surface area contributed by atoms with E-state index in [4.69, 9.17) is 4.74 Å². The fraction of sp³-hybridized carbons (Fsp3) is 0.571. The lowest BCUT2D eigenvalue weighted by atomic mass is 9.90. The Kier molecular flexibility index (Phi) is 5.15. The molecule has 0 heterocycles. The van der Waals surface area contributed by atoms with Gasteiger partial charge in [0.25, 0.3) is 0 Å². The van der Waals surface area contributed by atoms with E-state index in [9.17, 15) is 8.42 Å². The highest BCUT2D eigenvalue weighted by Gasteiger charge is 2.32. The number of ether oxygens (including phenoxy) is 1. The highest BCUT2D eigenvalue weighted by molar-refractivity contribution is 7.89. The van der Waals surface area contributed by atoms with Gasteiger partial charge in [-0.05, 0) is 50.6 Å². The van der Waals surface area contributed by atoms with E-state index < -0.39 is 10.0 Å². The number of sulfonamides is 1. The van der Waals surface area contributed by atoms with Crippen molar-refractivity contribution >= 4 is 10.0 Å². The van der Waals surface area contributed by atoms with Gasteiger partial charge in [-0.1, -0.05) is 12.1 Å². The monoisotopic (exact) mass is 298 g/mol. The molecule has 1 saturated carbocycles. The number of nitrogens with one attached hydrogen (secondary N) is 2. The van der Waals surface area contributed by atoms with Gasteiger partial charge in [0.15, 0.2) is 0 Å². The molecule has 1 aliphatic carbocycles. The first-order chi connectivity index (χ1) is 9.55. The summed E-state index contributed by atoms with van der Waals surface area (Å²) < 4.78 is 32.2. The molecular formula is C14H22N2O3S. The van der Waals surface area contributed by atoms with Gasteiger partial charge in [-0.25, -0.2) is 13.1 Å². The Balaban J connectivity index is 1.95. The Hall–Kier alpha value is -0.950. The molecular weight excluding hydrogens is 276 g/mol. The van der Waals surface area contributed by atoms with Crippen molar-refractivity contribution in [1.29, 1.82) is 0 Å². The van der Waals surface area contributed by atoms with E-state index in [2.05, 4.69) is 10.0 Å². The smallest absolute Gasteiger partial charge is 0.240 e. The third-order valence-corrected chi connectivity index (χ3v) is 5.18. The van der Waals surface area contributed by atoms with Gasteiger partial charge in [-0.15, -0.1) is 0 Å². The molecule has 0 aromatic heterocycles. The summed E-state index contributed by atoms with van der Waals surface area (Å²) >= 11 is 0. The van der Waals surface area contributed by atoms with E-state index in [0.717, 1.165) is 31.4 Å². The van der Waals surface area contributed by atoms with Gasteiger partial charge in [-0.3, -0.25) is 0 Å². The van der Waals surface area contributed by atoms with Gasteiger partial charge < -0.3 is 10.1 Å². The maximum Gasteiger partial charge on any atom is 0.240 e. The molecule has 2 N–H and O–H groups in total. The van der Waals surface area contributed by atoms with Crippen LogP contribution in [0.2, 0.25) is 0 Å². The second-order valence-corrected chi connectivity index (χ2v) is 6.86. The first-order valence-electron chi connectivity index (χ1n) is 6.84. The highest BCUT2D eigenvalue weighted by Crippen LogP contribution is 2.24. The molecule has 0 bridgehead atoms. The second-order valence-electron chi connectivity index (χ2n) is 5.14. The Labute approximate surface area is 120 Å². The molecule has 0 aliphatic heterocycles. The fourth-order valence-corrected chi connectivity index (χ4v) is 3.51. The van der Waals surface area contributed by atoms with E-state index in [1.165, 1.54) is 0 Å². The predicted molar refractivity (Wildman–Crippen MR) is 78.2 cm³/mol. The summed E-state index contributed by atoms with van der Waals surface area (Å²) in [5.41, 5.74) is 1.13. The molecule has 112 valence electrons.